The molecule has 0 aliphatic rings. The average molecular weight is 204 g/mol. The minimum Gasteiger partial charge on any atom is -0.348 e. The van der Waals surface area contributed by atoms with Crippen LogP contribution in [0.1, 0.15) is 5.69 Å². The van der Waals surface area contributed by atoms with E-state index in [2.05, 4.69) is 31.2 Å². The van der Waals surface area contributed by atoms with Crippen molar-refractivity contribution in [3.63, 3.8) is 0 Å². The fourth-order valence-electron chi connectivity index (χ4n) is 0.711. The fraction of sp³-hybridized carbons (Fsp3) is 0.500. The minimum absolute atomic E-state index is 0.848. The number of alkyl halides is 1. The third-order valence-electron chi connectivity index (χ3n) is 1.22. The summed E-state index contributed by atoms with van der Waals surface area (Å²) in [6.45, 7) is 0.980. The molecule has 0 amide bonds. The first-order valence-electron chi connectivity index (χ1n) is 3.17. The van der Waals surface area contributed by atoms with E-state index in [1.165, 1.54) is 5.69 Å². The summed E-state index contributed by atoms with van der Waals surface area (Å²) in [6, 6.07) is 0. The molecule has 0 aromatic carbocycles. The largest absolute Gasteiger partial charge is 0.348 e. The molecule has 0 aliphatic heterocycles. The quantitative estimate of drug-likeness (QED) is 0.434. The van der Waals surface area contributed by atoms with Crippen LogP contribution in [0.3, 0.4) is 0 Å². The molecule has 1 aromatic heterocycles. The summed E-state index contributed by atoms with van der Waals surface area (Å²) in [5.41, 5.74) is 2.02. The van der Waals surface area contributed by atoms with Crippen LogP contribution >= 0.6 is 15.9 Å². The van der Waals surface area contributed by atoms with E-state index in [1.807, 2.05) is 6.20 Å². The van der Waals surface area contributed by atoms with Crippen molar-refractivity contribution in [1.82, 2.24) is 15.3 Å². The lowest BCUT2D eigenvalue weighted by Crippen LogP contribution is -2.14. The molecule has 0 saturated carbocycles. The highest BCUT2D eigenvalue weighted by Crippen LogP contribution is 1.90. The first kappa shape index (κ1) is 7.75. The lowest BCUT2D eigenvalue weighted by atomic mass is 10.3. The van der Waals surface area contributed by atoms with E-state index in [0.717, 1.165) is 18.4 Å². The molecule has 10 heavy (non-hydrogen) atoms. The van der Waals surface area contributed by atoms with Crippen LogP contribution < -0.4 is 5.32 Å². The number of imidazole rings is 1. The predicted octanol–water partition coefficient (Wildman–Crippen LogP) is 0.894. The van der Waals surface area contributed by atoms with Crippen molar-refractivity contribution >= 4 is 15.9 Å². The Morgan fingerprint density at radius 2 is 2.60 bits per heavy atom. The zero-order valence-electron chi connectivity index (χ0n) is 5.60. The van der Waals surface area contributed by atoms with E-state index in [9.17, 15) is 0 Å². The van der Waals surface area contributed by atoms with Crippen molar-refractivity contribution in [2.24, 2.45) is 0 Å². The third-order valence-corrected chi connectivity index (χ3v) is 1.62. The molecule has 56 valence electrons. The predicted molar refractivity (Wildman–Crippen MR) is 44.1 cm³/mol. The second kappa shape index (κ2) is 4.46. The molecule has 0 atom stereocenters. The van der Waals surface area contributed by atoms with Crippen LogP contribution in [0.5, 0.6) is 0 Å². The van der Waals surface area contributed by atoms with Gasteiger partial charge in [-0.3, -0.25) is 0 Å². The van der Waals surface area contributed by atoms with E-state index < -0.39 is 0 Å². The first-order chi connectivity index (χ1) is 4.93. The summed E-state index contributed by atoms with van der Waals surface area (Å²) >= 11 is 3.28. The Morgan fingerprint density at radius 1 is 1.70 bits per heavy atom. The number of nitrogens with zero attached hydrogens (tertiary/aromatic N) is 1. The van der Waals surface area contributed by atoms with Crippen LogP contribution in [0.2, 0.25) is 0 Å². The van der Waals surface area contributed by atoms with Gasteiger partial charge in [-0.15, -0.1) is 0 Å². The molecular weight excluding hydrogens is 194 g/mol. The van der Waals surface area contributed by atoms with Gasteiger partial charge in [0.25, 0.3) is 0 Å². The number of halogens is 1. The van der Waals surface area contributed by atoms with Crippen molar-refractivity contribution in [1.29, 1.82) is 0 Å². The van der Waals surface area contributed by atoms with E-state index in [0.29, 0.717) is 0 Å². The number of aromatic nitrogens is 2. The fourth-order valence-corrected chi connectivity index (χ4v) is 0.992. The molecule has 1 rings (SSSR count). The van der Waals surface area contributed by atoms with E-state index in [4.69, 9.17) is 0 Å². The van der Waals surface area contributed by atoms with Crippen molar-refractivity contribution in [2.45, 2.75) is 6.42 Å². The lowest BCUT2D eigenvalue weighted by Gasteiger charge is -1.96. The second-order valence-electron chi connectivity index (χ2n) is 1.96. The monoisotopic (exact) mass is 203 g/mol. The molecule has 0 unspecified atom stereocenters. The maximum atomic E-state index is 3.91. The molecule has 1 aromatic rings. The minimum atomic E-state index is 0.848. The van der Waals surface area contributed by atoms with E-state index >= 15 is 0 Å². The molecule has 0 saturated heterocycles. The molecule has 2 N–H and O–H groups in total. The van der Waals surface area contributed by atoms with Gasteiger partial charge in [0.15, 0.2) is 0 Å². The maximum Gasteiger partial charge on any atom is 0.0921 e. The number of rotatable bonds is 4. The van der Waals surface area contributed by atoms with Gasteiger partial charge in [0.05, 0.1) is 11.8 Å². The number of nitrogens with one attached hydrogen (secondary N) is 2. The Bertz CT molecular complexity index is 162. The van der Waals surface area contributed by atoms with E-state index in [-0.39, 0.29) is 0 Å². The van der Waals surface area contributed by atoms with Crippen molar-refractivity contribution in [3.05, 3.63) is 18.2 Å². The van der Waals surface area contributed by atoms with Crippen LogP contribution in [0.4, 0.5) is 0 Å². The topological polar surface area (TPSA) is 40.7 Å². The maximum absolute atomic E-state index is 3.91. The third kappa shape index (κ3) is 2.49. The second-order valence-corrected chi connectivity index (χ2v) is 2.52. The summed E-state index contributed by atoms with van der Waals surface area (Å²) in [7, 11) is 0. The average Bonchev–Trinajstić information content (AvgIpc) is 2.41. The Labute approximate surface area is 68.4 Å². The smallest absolute Gasteiger partial charge is 0.0921 e. The Kier molecular flexibility index (Phi) is 3.46. The Balaban J connectivity index is 2.15. The van der Waals surface area contributed by atoms with Crippen LogP contribution in [-0.4, -0.2) is 22.0 Å². The van der Waals surface area contributed by atoms with Crippen molar-refractivity contribution in [2.75, 3.05) is 12.0 Å². The zero-order valence-corrected chi connectivity index (χ0v) is 7.19. The van der Waals surface area contributed by atoms with Gasteiger partial charge in [-0.25, -0.2) is 4.98 Å². The van der Waals surface area contributed by atoms with E-state index in [1.54, 1.807) is 6.33 Å². The Hall–Kier alpha value is -0.350. The summed E-state index contributed by atoms with van der Waals surface area (Å²) in [5, 5.41) is 3.16. The highest BCUT2D eigenvalue weighted by molar-refractivity contribution is 9.09. The normalized spacial score (nSPS) is 10.1. The highest BCUT2D eigenvalue weighted by atomic mass is 79.9. The van der Waals surface area contributed by atoms with Gasteiger partial charge in [-0.2, -0.15) is 0 Å². The summed E-state index contributed by atoms with van der Waals surface area (Å²) in [5.74, 6) is 0. The molecule has 0 fully saturated rings. The van der Waals surface area contributed by atoms with Crippen molar-refractivity contribution < 1.29 is 0 Å². The first-order valence-corrected chi connectivity index (χ1v) is 4.29. The van der Waals surface area contributed by atoms with Crippen LogP contribution in [0, 0.1) is 0 Å². The molecule has 1 heterocycles. The molecule has 0 radical (unpaired) electrons. The van der Waals surface area contributed by atoms with Gasteiger partial charge in [0.1, 0.15) is 0 Å². The molecule has 0 aliphatic carbocycles. The number of hydrogen-bond acceptors (Lipinski definition) is 2. The van der Waals surface area contributed by atoms with Crippen LogP contribution in [-0.2, 0) is 6.42 Å². The molecule has 3 nitrogen and oxygen atoms in total. The number of H-pyrrole nitrogens is 1. The van der Waals surface area contributed by atoms with Crippen LogP contribution in [0.15, 0.2) is 12.5 Å². The van der Waals surface area contributed by atoms with Crippen molar-refractivity contribution in [3.8, 4) is 0 Å². The van der Waals surface area contributed by atoms with Gasteiger partial charge in [-0.1, -0.05) is 15.9 Å². The molecule has 4 heteroatoms. The molecular formula is C6H10BrN3. The lowest BCUT2D eigenvalue weighted by molar-refractivity contribution is 0.768. The van der Waals surface area contributed by atoms with Gasteiger partial charge < -0.3 is 10.3 Å². The van der Waals surface area contributed by atoms with Gasteiger partial charge in [-0.05, 0) is 0 Å². The summed E-state index contributed by atoms with van der Waals surface area (Å²) < 4.78 is 0. The highest BCUT2D eigenvalue weighted by Gasteiger charge is 1.90. The molecule has 0 bridgehead atoms. The van der Waals surface area contributed by atoms with Crippen LogP contribution in [0.25, 0.3) is 0 Å². The van der Waals surface area contributed by atoms with Gasteiger partial charge >= 0.3 is 0 Å². The van der Waals surface area contributed by atoms with Gasteiger partial charge in [0, 0.05) is 24.9 Å². The Morgan fingerprint density at radius 3 is 3.20 bits per heavy atom. The number of aromatic amines is 1. The molecule has 0 spiro atoms. The zero-order chi connectivity index (χ0) is 7.23. The summed E-state index contributed by atoms with van der Waals surface area (Å²) in [4.78, 5) is 6.94. The standard InChI is InChI=1S/C6H10BrN3/c7-4-8-2-1-6-3-9-5-10-6/h3,5,8H,1-2,4H2,(H,9,10). The van der Waals surface area contributed by atoms with Gasteiger partial charge in [0.2, 0.25) is 0 Å². The number of hydrogen-bond donors (Lipinski definition) is 2. The SMILES string of the molecule is BrCNCCc1cnc[nH]1. The summed E-state index contributed by atoms with van der Waals surface area (Å²) in [6.07, 6.45) is 4.55.